The van der Waals surface area contributed by atoms with E-state index in [9.17, 15) is 22.7 Å². The Hall–Kier alpha value is -1.30. The second-order valence-electron chi connectivity index (χ2n) is 4.42. The van der Waals surface area contributed by atoms with E-state index < -0.39 is 24.6 Å². The van der Waals surface area contributed by atoms with Crippen LogP contribution >= 0.6 is 0 Å². The van der Waals surface area contributed by atoms with Crippen LogP contribution < -0.4 is 4.90 Å². The van der Waals surface area contributed by atoms with E-state index in [0.717, 1.165) is 11.0 Å². The summed E-state index contributed by atoms with van der Waals surface area (Å²) < 4.78 is 51.2. The Morgan fingerprint density at radius 2 is 1.95 bits per heavy atom. The van der Waals surface area contributed by atoms with Crippen LogP contribution in [0.3, 0.4) is 0 Å². The molecule has 1 N–H and O–H groups in total. The number of rotatable bonds is 5. The Morgan fingerprint density at radius 3 is 2.37 bits per heavy atom. The van der Waals surface area contributed by atoms with Crippen LogP contribution in [0.4, 0.5) is 23.2 Å². The monoisotopic (exact) mass is 279 g/mol. The predicted octanol–water partition coefficient (Wildman–Crippen LogP) is 3.66. The Labute approximate surface area is 109 Å². The lowest BCUT2D eigenvalue weighted by Crippen LogP contribution is -2.35. The van der Waals surface area contributed by atoms with Crippen LogP contribution in [-0.2, 0) is 0 Å². The minimum absolute atomic E-state index is 0.0939. The van der Waals surface area contributed by atoms with Gasteiger partial charge in [-0.3, -0.25) is 0 Å². The van der Waals surface area contributed by atoms with Gasteiger partial charge >= 0.3 is 6.18 Å². The van der Waals surface area contributed by atoms with Gasteiger partial charge in [0.15, 0.2) is 0 Å². The van der Waals surface area contributed by atoms with E-state index in [1.807, 2.05) is 0 Å². The molecule has 0 fully saturated rings. The van der Waals surface area contributed by atoms with Crippen molar-refractivity contribution in [3.05, 3.63) is 29.6 Å². The Morgan fingerprint density at radius 1 is 1.32 bits per heavy atom. The fraction of sp³-hybridized carbons (Fsp3) is 0.538. The van der Waals surface area contributed by atoms with Crippen molar-refractivity contribution in [3.8, 4) is 0 Å². The first kappa shape index (κ1) is 15.8. The first-order valence-corrected chi connectivity index (χ1v) is 6.03. The van der Waals surface area contributed by atoms with Crippen LogP contribution in [0.15, 0.2) is 18.2 Å². The third kappa shape index (κ3) is 4.70. The minimum atomic E-state index is -4.38. The summed E-state index contributed by atoms with van der Waals surface area (Å²) in [5.74, 6) is -0.754. The minimum Gasteiger partial charge on any atom is -0.389 e. The maximum atomic E-state index is 13.8. The third-order valence-electron chi connectivity index (χ3n) is 2.66. The van der Waals surface area contributed by atoms with E-state index >= 15 is 0 Å². The van der Waals surface area contributed by atoms with Gasteiger partial charge in [0.25, 0.3) is 0 Å². The fourth-order valence-corrected chi connectivity index (χ4v) is 1.81. The maximum absolute atomic E-state index is 13.8. The first-order chi connectivity index (χ1) is 8.74. The molecule has 0 aliphatic carbocycles. The van der Waals surface area contributed by atoms with Crippen LogP contribution in [0.1, 0.15) is 31.9 Å². The zero-order chi connectivity index (χ0) is 14.6. The molecule has 0 aromatic heterocycles. The van der Waals surface area contributed by atoms with Gasteiger partial charge in [-0.1, -0.05) is 13.0 Å². The van der Waals surface area contributed by atoms with E-state index in [-0.39, 0.29) is 12.2 Å². The van der Waals surface area contributed by atoms with Crippen LogP contribution in [0.5, 0.6) is 0 Å². The van der Waals surface area contributed by atoms with Crippen molar-refractivity contribution in [1.29, 1.82) is 0 Å². The smallest absolute Gasteiger partial charge is 0.389 e. The SMILES string of the molecule is CCCN(CC(F)(F)F)c1ccc([C@H](C)O)cc1F. The molecule has 0 spiro atoms. The molecule has 0 unspecified atom stereocenters. The second kappa shape index (κ2) is 6.23. The normalized spacial score (nSPS) is 13.4. The molecule has 1 atom stereocenters. The number of hydrogen-bond donors (Lipinski definition) is 1. The number of aliphatic hydroxyl groups is 1. The average molecular weight is 279 g/mol. The molecule has 1 rings (SSSR count). The van der Waals surface area contributed by atoms with Crippen molar-refractivity contribution in [3.63, 3.8) is 0 Å². The van der Waals surface area contributed by atoms with E-state index in [4.69, 9.17) is 0 Å². The molecule has 0 aliphatic rings. The summed E-state index contributed by atoms with van der Waals surface area (Å²) in [5, 5.41) is 9.31. The standard InChI is InChI=1S/C13H17F4NO/c1-3-6-18(8-13(15,16)17)12-5-4-10(9(2)19)7-11(12)14/h4-5,7,9,19H,3,6,8H2,1-2H3/t9-/m0/s1. The summed E-state index contributed by atoms with van der Waals surface area (Å²) in [5.41, 5.74) is 0.244. The van der Waals surface area contributed by atoms with Crippen molar-refractivity contribution in [2.75, 3.05) is 18.0 Å². The highest BCUT2D eigenvalue weighted by atomic mass is 19.4. The van der Waals surface area contributed by atoms with Crippen molar-refractivity contribution >= 4 is 5.69 Å². The molecule has 0 radical (unpaired) electrons. The molecular formula is C13H17F4NO. The summed E-state index contributed by atoms with van der Waals surface area (Å²) in [7, 11) is 0. The van der Waals surface area contributed by atoms with Crippen molar-refractivity contribution in [1.82, 2.24) is 0 Å². The van der Waals surface area contributed by atoms with E-state index in [1.165, 1.54) is 19.1 Å². The molecule has 6 heteroatoms. The number of aliphatic hydroxyl groups excluding tert-OH is 1. The lowest BCUT2D eigenvalue weighted by atomic mass is 10.1. The maximum Gasteiger partial charge on any atom is 0.405 e. The van der Waals surface area contributed by atoms with E-state index in [2.05, 4.69) is 0 Å². The van der Waals surface area contributed by atoms with Crippen LogP contribution in [0.25, 0.3) is 0 Å². The van der Waals surface area contributed by atoms with Crippen LogP contribution in [0.2, 0.25) is 0 Å². The lowest BCUT2D eigenvalue weighted by Gasteiger charge is -2.26. The summed E-state index contributed by atoms with van der Waals surface area (Å²) in [6.45, 7) is 2.12. The van der Waals surface area contributed by atoms with Gasteiger partial charge in [-0.15, -0.1) is 0 Å². The van der Waals surface area contributed by atoms with Gasteiger partial charge in [-0.05, 0) is 31.0 Å². The molecule has 19 heavy (non-hydrogen) atoms. The number of halogens is 4. The number of alkyl halides is 3. The predicted molar refractivity (Wildman–Crippen MR) is 65.6 cm³/mol. The zero-order valence-corrected chi connectivity index (χ0v) is 10.8. The largest absolute Gasteiger partial charge is 0.405 e. The summed E-state index contributed by atoms with van der Waals surface area (Å²) >= 11 is 0. The molecule has 108 valence electrons. The molecule has 0 saturated carbocycles. The van der Waals surface area contributed by atoms with Crippen molar-refractivity contribution < 1.29 is 22.7 Å². The number of anilines is 1. The quantitative estimate of drug-likeness (QED) is 0.831. The molecule has 0 heterocycles. The van der Waals surface area contributed by atoms with Gasteiger partial charge in [-0.25, -0.2) is 4.39 Å². The third-order valence-corrected chi connectivity index (χ3v) is 2.66. The molecule has 2 nitrogen and oxygen atoms in total. The molecule has 1 aromatic rings. The fourth-order valence-electron chi connectivity index (χ4n) is 1.81. The van der Waals surface area contributed by atoms with E-state index in [1.54, 1.807) is 6.92 Å². The second-order valence-corrected chi connectivity index (χ2v) is 4.42. The van der Waals surface area contributed by atoms with Gasteiger partial charge in [0.05, 0.1) is 11.8 Å². The van der Waals surface area contributed by atoms with Crippen LogP contribution in [0, 0.1) is 5.82 Å². The highest BCUT2D eigenvalue weighted by molar-refractivity contribution is 5.49. The molecule has 0 amide bonds. The Kier molecular flexibility index (Phi) is 5.17. The van der Waals surface area contributed by atoms with Crippen molar-refractivity contribution in [2.24, 2.45) is 0 Å². The summed E-state index contributed by atoms with van der Waals surface area (Å²) in [4.78, 5) is 0.959. The Bertz CT molecular complexity index is 418. The summed E-state index contributed by atoms with van der Waals surface area (Å²) in [6.07, 6.45) is -4.76. The van der Waals surface area contributed by atoms with Gasteiger partial charge in [0.2, 0.25) is 0 Å². The number of nitrogens with zero attached hydrogens (tertiary/aromatic N) is 1. The van der Waals surface area contributed by atoms with Gasteiger partial charge in [0, 0.05) is 6.54 Å². The lowest BCUT2D eigenvalue weighted by molar-refractivity contribution is -0.119. The Balaban J connectivity index is 3.02. The highest BCUT2D eigenvalue weighted by Crippen LogP contribution is 2.27. The molecule has 1 aromatic carbocycles. The topological polar surface area (TPSA) is 23.5 Å². The molecule has 0 saturated heterocycles. The van der Waals surface area contributed by atoms with Gasteiger partial charge in [0.1, 0.15) is 12.4 Å². The molecule has 0 bridgehead atoms. The van der Waals surface area contributed by atoms with E-state index in [0.29, 0.717) is 12.0 Å². The zero-order valence-electron chi connectivity index (χ0n) is 10.8. The number of hydrogen-bond acceptors (Lipinski definition) is 2. The van der Waals surface area contributed by atoms with Crippen LogP contribution in [-0.4, -0.2) is 24.4 Å². The highest BCUT2D eigenvalue weighted by Gasteiger charge is 2.31. The van der Waals surface area contributed by atoms with Gasteiger partial charge < -0.3 is 10.0 Å². The van der Waals surface area contributed by atoms with Crippen molar-refractivity contribution in [2.45, 2.75) is 32.5 Å². The molecular weight excluding hydrogens is 262 g/mol. The van der Waals surface area contributed by atoms with Gasteiger partial charge in [-0.2, -0.15) is 13.2 Å². The first-order valence-electron chi connectivity index (χ1n) is 6.03. The number of benzene rings is 1. The summed E-state index contributed by atoms with van der Waals surface area (Å²) in [6, 6.07) is 3.78. The molecule has 0 aliphatic heterocycles. The average Bonchev–Trinajstić information content (AvgIpc) is 2.26.